The van der Waals surface area contributed by atoms with Gasteiger partial charge >= 0.3 is 0 Å². The number of nitrogens with two attached hydrogens (primary N) is 1. The van der Waals surface area contributed by atoms with E-state index in [9.17, 15) is 9.59 Å². The highest BCUT2D eigenvalue weighted by atomic mass is 32.1. The minimum atomic E-state index is -0.298. The van der Waals surface area contributed by atoms with Gasteiger partial charge in [-0.15, -0.1) is 11.3 Å². The van der Waals surface area contributed by atoms with Crippen LogP contribution in [0.25, 0.3) is 0 Å². The first-order valence-electron chi connectivity index (χ1n) is 6.42. The van der Waals surface area contributed by atoms with E-state index in [4.69, 9.17) is 5.73 Å². The van der Waals surface area contributed by atoms with Gasteiger partial charge in [0, 0.05) is 24.0 Å². The topological polar surface area (TPSA) is 97.1 Å². The lowest BCUT2D eigenvalue weighted by atomic mass is 10.1. The maximum atomic E-state index is 12.1. The zero-order chi connectivity index (χ0) is 15.2. The Bertz CT molecular complexity index is 654. The van der Waals surface area contributed by atoms with Crippen LogP contribution in [0.15, 0.2) is 29.6 Å². The number of nitrogens with one attached hydrogen (secondary N) is 2. The Labute approximate surface area is 126 Å². The Morgan fingerprint density at radius 3 is 2.76 bits per heavy atom. The minimum Gasteiger partial charge on any atom is -0.349 e. The highest BCUT2D eigenvalue weighted by Gasteiger charge is 2.13. The number of carbonyl (C=O) groups is 2. The van der Waals surface area contributed by atoms with Crippen molar-refractivity contribution in [1.82, 2.24) is 10.3 Å². The lowest BCUT2D eigenvalue weighted by Crippen LogP contribution is -2.29. The first kappa shape index (κ1) is 15.1. The second-order valence-electron chi connectivity index (χ2n) is 4.35. The van der Waals surface area contributed by atoms with Crippen molar-refractivity contribution in [2.45, 2.75) is 6.92 Å². The van der Waals surface area contributed by atoms with E-state index in [1.54, 1.807) is 17.5 Å². The van der Waals surface area contributed by atoms with E-state index in [1.165, 1.54) is 11.3 Å². The number of hydrogen-bond donors (Lipinski definition) is 3. The molecule has 6 nitrogen and oxygen atoms in total. The van der Waals surface area contributed by atoms with Crippen molar-refractivity contribution in [1.29, 1.82) is 0 Å². The molecule has 0 aliphatic rings. The molecule has 0 atom stereocenters. The molecule has 1 heterocycles. The monoisotopic (exact) mass is 304 g/mol. The maximum Gasteiger partial charge on any atom is 0.270 e. The van der Waals surface area contributed by atoms with Crippen LogP contribution in [0.2, 0.25) is 0 Å². The first-order valence-corrected chi connectivity index (χ1v) is 7.30. The number of thiazole rings is 1. The molecule has 2 amide bonds. The summed E-state index contributed by atoms with van der Waals surface area (Å²) in [6, 6.07) is 7.28. The van der Waals surface area contributed by atoms with Gasteiger partial charge in [0.05, 0.1) is 0 Å². The van der Waals surface area contributed by atoms with Gasteiger partial charge in [-0.25, -0.2) is 4.98 Å². The number of anilines is 1. The van der Waals surface area contributed by atoms with Gasteiger partial charge < -0.3 is 11.1 Å². The van der Waals surface area contributed by atoms with Crippen LogP contribution >= 0.6 is 11.3 Å². The number of aryl methyl sites for hydroxylation is 1. The summed E-state index contributed by atoms with van der Waals surface area (Å²) in [6.45, 7) is 2.62. The molecule has 7 heteroatoms. The number of benzene rings is 1. The van der Waals surface area contributed by atoms with Crippen molar-refractivity contribution in [3.63, 3.8) is 0 Å². The molecule has 0 aliphatic heterocycles. The smallest absolute Gasteiger partial charge is 0.270 e. The van der Waals surface area contributed by atoms with Crippen LogP contribution in [0, 0.1) is 6.92 Å². The first-order chi connectivity index (χ1) is 10.1. The van der Waals surface area contributed by atoms with E-state index in [2.05, 4.69) is 15.6 Å². The van der Waals surface area contributed by atoms with Gasteiger partial charge in [-0.2, -0.15) is 0 Å². The molecule has 4 N–H and O–H groups in total. The lowest BCUT2D eigenvalue weighted by molar-refractivity contribution is 0.0949. The van der Waals surface area contributed by atoms with Crippen LogP contribution in [0.5, 0.6) is 0 Å². The summed E-state index contributed by atoms with van der Waals surface area (Å²) in [7, 11) is 0. The van der Waals surface area contributed by atoms with Crippen molar-refractivity contribution in [3.8, 4) is 0 Å². The fraction of sp³-hybridized carbons (Fsp3) is 0.214. The maximum absolute atomic E-state index is 12.1. The molecule has 110 valence electrons. The average Bonchev–Trinajstić information content (AvgIpc) is 2.93. The van der Waals surface area contributed by atoms with Gasteiger partial charge in [0.15, 0.2) is 5.13 Å². The molecule has 0 spiro atoms. The van der Waals surface area contributed by atoms with E-state index < -0.39 is 0 Å². The van der Waals surface area contributed by atoms with Gasteiger partial charge in [0.25, 0.3) is 11.8 Å². The van der Waals surface area contributed by atoms with E-state index in [0.717, 1.165) is 5.56 Å². The molecule has 0 bridgehead atoms. The zero-order valence-electron chi connectivity index (χ0n) is 11.6. The van der Waals surface area contributed by atoms with E-state index in [0.29, 0.717) is 23.8 Å². The summed E-state index contributed by atoms with van der Waals surface area (Å²) < 4.78 is 0. The zero-order valence-corrected chi connectivity index (χ0v) is 12.4. The second kappa shape index (κ2) is 6.96. The lowest BCUT2D eigenvalue weighted by Gasteiger charge is -2.04. The molecule has 0 saturated carbocycles. The van der Waals surface area contributed by atoms with Crippen LogP contribution < -0.4 is 16.4 Å². The Morgan fingerprint density at radius 2 is 2.05 bits per heavy atom. The number of nitrogens with zero attached hydrogens (tertiary/aromatic N) is 1. The number of aromatic nitrogens is 1. The molecule has 0 aliphatic carbocycles. The van der Waals surface area contributed by atoms with Gasteiger partial charge in [0.2, 0.25) is 0 Å². The fourth-order valence-electron chi connectivity index (χ4n) is 1.70. The van der Waals surface area contributed by atoms with E-state index in [1.807, 2.05) is 19.1 Å². The third kappa shape index (κ3) is 3.87. The Morgan fingerprint density at radius 1 is 1.29 bits per heavy atom. The Kier molecular flexibility index (Phi) is 5.02. The Hall–Kier alpha value is -2.25. The molecule has 0 radical (unpaired) electrons. The summed E-state index contributed by atoms with van der Waals surface area (Å²) in [4.78, 5) is 27.9. The van der Waals surface area contributed by atoms with Crippen molar-refractivity contribution in [2.24, 2.45) is 5.73 Å². The van der Waals surface area contributed by atoms with Crippen LogP contribution in [0.3, 0.4) is 0 Å². The average molecular weight is 304 g/mol. The summed E-state index contributed by atoms with van der Waals surface area (Å²) in [5, 5.41) is 7.30. The quantitative estimate of drug-likeness (QED) is 0.777. The van der Waals surface area contributed by atoms with Gasteiger partial charge in [-0.1, -0.05) is 18.2 Å². The Balaban J connectivity index is 2.04. The molecular formula is C14H16N4O2S. The van der Waals surface area contributed by atoms with Crippen LogP contribution in [0.4, 0.5) is 5.13 Å². The fourth-order valence-corrected chi connectivity index (χ4v) is 2.39. The van der Waals surface area contributed by atoms with Crippen molar-refractivity contribution >= 4 is 28.3 Å². The highest BCUT2D eigenvalue weighted by molar-refractivity contribution is 7.14. The summed E-state index contributed by atoms with van der Waals surface area (Å²) >= 11 is 1.21. The van der Waals surface area contributed by atoms with E-state index >= 15 is 0 Å². The predicted molar refractivity (Wildman–Crippen MR) is 82.6 cm³/mol. The molecule has 1 aromatic heterocycles. The van der Waals surface area contributed by atoms with Crippen LogP contribution in [-0.2, 0) is 0 Å². The third-order valence-electron chi connectivity index (χ3n) is 2.78. The summed E-state index contributed by atoms with van der Waals surface area (Å²) in [6.07, 6.45) is 0. The van der Waals surface area contributed by atoms with Gasteiger partial charge in [-0.3, -0.25) is 14.9 Å². The predicted octanol–water partition coefficient (Wildman–Crippen LogP) is 1.39. The number of rotatable bonds is 5. The molecule has 21 heavy (non-hydrogen) atoms. The summed E-state index contributed by atoms with van der Waals surface area (Å²) in [5.41, 5.74) is 7.05. The standard InChI is InChI=1S/C14H16N4O2S/c1-9-4-2-3-5-10(9)12(19)18-14-17-11(8-21-14)13(20)16-7-6-15/h2-5,8H,6-7,15H2,1H3,(H,16,20)(H,17,18,19). The third-order valence-corrected chi connectivity index (χ3v) is 3.53. The van der Waals surface area contributed by atoms with Crippen molar-refractivity contribution in [2.75, 3.05) is 18.4 Å². The highest BCUT2D eigenvalue weighted by Crippen LogP contribution is 2.17. The van der Waals surface area contributed by atoms with Crippen molar-refractivity contribution < 1.29 is 9.59 Å². The molecule has 0 saturated heterocycles. The molecule has 2 rings (SSSR count). The van der Waals surface area contributed by atoms with Crippen LogP contribution in [0.1, 0.15) is 26.4 Å². The molecule has 2 aromatic rings. The largest absolute Gasteiger partial charge is 0.349 e. The minimum absolute atomic E-state index is 0.239. The van der Waals surface area contributed by atoms with Crippen molar-refractivity contribution in [3.05, 3.63) is 46.5 Å². The second-order valence-corrected chi connectivity index (χ2v) is 5.21. The van der Waals surface area contributed by atoms with Gasteiger partial charge in [0.1, 0.15) is 5.69 Å². The normalized spacial score (nSPS) is 10.2. The number of hydrogen-bond acceptors (Lipinski definition) is 5. The molecule has 1 aromatic carbocycles. The summed E-state index contributed by atoms with van der Waals surface area (Å²) in [5.74, 6) is -0.538. The number of amides is 2. The van der Waals surface area contributed by atoms with Crippen LogP contribution in [-0.4, -0.2) is 29.9 Å². The van der Waals surface area contributed by atoms with Gasteiger partial charge in [-0.05, 0) is 18.6 Å². The molecular weight excluding hydrogens is 288 g/mol. The van der Waals surface area contributed by atoms with E-state index in [-0.39, 0.29) is 17.5 Å². The molecule has 0 unspecified atom stereocenters. The SMILES string of the molecule is Cc1ccccc1C(=O)Nc1nc(C(=O)NCCN)cs1. The molecule has 0 fully saturated rings. The number of carbonyl (C=O) groups excluding carboxylic acids is 2.